The van der Waals surface area contributed by atoms with E-state index in [9.17, 15) is 14.4 Å². The van der Waals surface area contributed by atoms with Crippen LogP contribution in [-0.2, 0) is 14.3 Å². The van der Waals surface area contributed by atoms with Gasteiger partial charge >= 0.3 is 5.97 Å². The van der Waals surface area contributed by atoms with Crippen LogP contribution in [0.5, 0.6) is 0 Å². The van der Waals surface area contributed by atoms with Crippen molar-refractivity contribution in [1.29, 1.82) is 0 Å². The number of imide groups is 1. The van der Waals surface area contributed by atoms with Crippen LogP contribution in [0.25, 0.3) is 0 Å². The number of methoxy groups -OCH3 is 2. The molecule has 2 rings (SSSR count). The van der Waals surface area contributed by atoms with Crippen LogP contribution in [-0.4, -0.2) is 54.4 Å². The van der Waals surface area contributed by atoms with E-state index in [-0.39, 0.29) is 18.4 Å². The third kappa shape index (κ3) is 3.61. The second kappa shape index (κ2) is 7.70. The van der Waals surface area contributed by atoms with Crippen LogP contribution < -0.4 is 0 Å². The number of esters is 1. The van der Waals surface area contributed by atoms with Gasteiger partial charge in [-0.2, -0.15) is 0 Å². The van der Waals surface area contributed by atoms with E-state index in [1.807, 2.05) is 0 Å². The monoisotopic (exact) mass is 383 g/mol. The Morgan fingerprint density at radius 1 is 1.17 bits per heavy atom. The number of carbonyl (C=O) groups is 3. The number of hydrogen-bond donors (Lipinski definition) is 0. The molecular weight excluding hydrogens is 366 g/mol. The van der Waals surface area contributed by atoms with Gasteiger partial charge in [-0.1, -0.05) is 28.1 Å². The van der Waals surface area contributed by atoms with E-state index in [0.29, 0.717) is 24.0 Å². The fraction of sp³-hybridized carbons (Fsp3) is 0.438. The Bertz CT molecular complexity index is 583. The van der Waals surface area contributed by atoms with E-state index >= 15 is 0 Å². The zero-order chi connectivity index (χ0) is 17.0. The second-order valence-electron chi connectivity index (χ2n) is 5.15. The van der Waals surface area contributed by atoms with E-state index in [2.05, 4.69) is 20.7 Å². The van der Waals surface area contributed by atoms with Crippen molar-refractivity contribution in [3.63, 3.8) is 0 Å². The van der Waals surface area contributed by atoms with E-state index in [0.717, 1.165) is 0 Å². The first-order valence-corrected chi connectivity index (χ1v) is 8.12. The first-order valence-electron chi connectivity index (χ1n) is 7.21. The first-order chi connectivity index (χ1) is 11.0. The van der Waals surface area contributed by atoms with Gasteiger partial charge in [0.05, 0.1) is 24.3 Å². The lowest BCUT2D eigenvalue weighted by Crippen LogP contribution is -2.34. The number of nitrogens with zero attached hydrogens (tertiary/aromatic N) is 1. The minimum absolute atomic E-state index is 0.275. The molecule has 1 aliphatic rings. The van der Waals surface area contributed by atoms with Gasteiger partial charge in [0.1, 0.15) is 4.83 Å². The Morgan fingerprint density at radius 3 is 2.22 bits per heavy atom. The van der Waals surface area contributed by atoms with Crippen molar-refractivity contribution >= 4 is 33.7 Å². The molecule has 0 aromatic heterocycles. The summed E-state index contributed by atoms with van der Waals surface area (Å²) in [6, 6.07) is 6.78. The van der Waals surface area contributed by atoms with Gasteiger partial charge in [0.25, 0.3) is 11.8 Å². The molecule has 0 spiro atoms. The van der Waals surface area contributed by atoms with Crippen molar-refractivity contribution in [2.75, 3.05) is 20.8 Å². The average Bonchev–Trinajstić information content (AvgIpc) is 2.82. The maximum absolute atomic E-state index is 12.2. The summed E-state index contributed by atoms with van der Waals surface area (Å²) in [5.41, 5.74) is 0.877. The highest BCUT2D eigenvalue weighted by molar-refractivity contribution is 9.10. The average molecular weight is 384 g/mol. The molecule has 7 heteroatoms. The number of hydrogen-bond acceptors (Lipinski definition) is 5. The summed E-state index contributed by atoms with van der Waals surface area (Å²) in [5, 5.41) is 0. The van der Waals surface area contributed by atoms with Gasteiger partial charge in [-0.15, -0.1) is 0 Å². The number of amides is 2. The zero-order valence-corrected chi connectivity index (χ0v) is 14.5. The van der Waals surface area contributed by atoms with Crippen molar-refractivity contribution in [3.8, 4) is 0 Å². The van der Waals surface area contributed by atoms with Gasteiger partial charge in [-0.05, 0) is 25.0 Å². The Kier molecular flexibility index (Phi) is 5.90. The predicted molar refractivity (Wildman–Crippen MR) is 86.6 cm³/mol. The molecule has 0 aliphatic carbocycles. The maximum Gasteiger partial charge on any atom is 0.322 e. The van der Waals surface area contributed by atoms with Gasteiger partial charge in [0.2, 0.25) is 0 Å². The molecule has 1 heterocycles. The van der Waals surface area contributed by atoms with Gasteiger partial charge in [-0.3, -0.25) is 19.3 Å². The molecule has 124 valence electrons. The summed E-state index contributed by atoms with van der Waals surface area (Å²) in [4.78, 5) is 36.6. The number of benzene rings is 1. The highest BCUT2D eigenvalue weighted by Crippen LogP contribution is 2.23. The number of rotatable bonds is 7. The Morgan fingerprint density at radius 2 is 1.74 bits per heavy atom. The normalized spacial score (nSPS) is 16.2. The summed E-state index contributed by atoms with van der Waals surface area (Å²) in [6.07, 6.45) is 0.649. The molecule has 1 aromatic rings. The molecule has 1 aliphatic heterocycles. The van der Waals surface area contributed by atoms with Crippen LogP contribution in [0.3, 0.4) is 0 Å². The minimum Gasteiger partial charge on any atom is -0.468 e. The van der Waals surface area contributed by atoms with Crippen LogP contribution in [0.15, 0.2) is 24.3 Å². The fourth-order valence-electron chi connectivity index (χ4n) is 2.54. The summed E-state index contributed by atoms with van der Waals surface area (Å²) < 4.78 is 9.95. The molecule has 0 N–H and O–H groups in total. The van der Waals surface area contributed by atoms with E-state index < -0.39 is 16.9 Å². The van der Waals surface area contributed by atoms with Crippen LogP contribution in [0.1, 0.15) is 33.6 Å². The van der Waals surface area contributed by atoms with Crippen molar-refractivity contribution in [1.82, 2.24) is 4.90 Å². The third-order valence-corrected chi connectivity index (χ3v) is 4.77. The number of fused-ring (bicyclic) bond motifs is 1. The van der Waals surface area contributed by atoms with Crippen LogP contribution in [0.4, 0.5) is 0 Å². The number of alkyl halides is 1. The van der Waals surface area contributed by atoms with Crippen LogP contribution >= 0.6 is 15.9 Å². The SMILES string of the molecule is COC(=O)[C@@H](Br)[C@@H](CCCN1C(=O)c2ccccc2C1=O)OC. The molecule has 2 amide bonds. The van der Waals surface area contributed by atoms with E-state index in [4.69, 9.17) is 4.74 Å². The summed E-state index contributed by atoms with van der Waals surface area (Å²) in [6.45, 7) is 0.285. The quantitative estimate of drug-likeness (QED) is 0.409. The zero-order valence-electron chi connectivity index (χ0n) is 13.0. The van der Waals surface area contributed by atoms with Gasteiger partial charge in [0, 0.05) is 13.7 Å². The van der Waals surface area contributed by atoms with Gasteiger partial charge in [-0.25, -0.2) is 0 Å². The lowest BCUT2D eigenvalue weighted by atomic mass is 10.1. The molecule has 0 radical (unpaired) electrons. The maximum atomic E-state index is 12.2. The van der Waals surface area contributed by atoms with E-state index in [1.54, 1.807) is 24.3 Å². The number of ether oxygens (including phenoxy) is 2. The molecule has 0 saturated heterocycles. The van der Waals surface area contributed by atoms with E-state index in [1.165, 1.54) is 19.1 Å². The van der Waals surface area contributed by atoms with Gasteiger partial charge < -0.3 is 9.47 Å². The van der Waals surface area contributed by atoms with Gasteiger partial charge in [0.15, 0.2) is 0 Å². The largest absolute Gasteiger partial charge is 0.468 e. The minimum atomic E-state index is -0.584. The number of carbonyl (C=O) groups excluding carboxylic acids is 3. The second-order valence-corrected chi connectivity index (χ2v) is 6.14. The van der Waals surface area contributed by atoms with Crippen molar-refractivity contribution in [3.05, 3.63) is 35.4 Å². The van der Waals surface area contributed by atoms with Crippen LogP contribution in [0.2, 0.25) is 0 Å². The Hall–Kier alpha value is -1.73. The molecule has 0 fully saturated rings. The molecule has 1 aromatic carbocycles. The molecule has 0 bridgehead atoms. The highest BCUT2D eigenvalue weighted by Gasteiger charge is 2.35. The Labute approximate surface area is 142 Å². The molecule has 23 heavy (non-hydrogen) atoms. The molecule has 2 atom stereocenters. The molecule has 0 unspecified atom stereocenters. The summed E-state index contributed by atoms with van der Waals surface area (Å²) >= 11 is 3.24. The lowest BCUT2D eigenvalue weighted by molar-refractivity contribution is -0.142. The predicted octanol–water partition coefficient (Wildman–Crippen LogP) is 2.01. The number of halogens is 1. The topological polar surface area (TPSA) is 72.9 Å². The third-order valence-electron chi connectivity index (χ3n) is 3.80. The fourth-order valence-corrected chi connectivity index (χ4v) is 3.21. The standard InChI is InChI=1S/C16H18BrNO5/c1-22-12(13(17)16(21)23-2)8-5-9-18-14(19)10-6-3-4-7-11(10)15(18)20/h3-4,6-7,12-13H,5,8-9H2,1-2H3/t12-,13+/m1/s1. The van der Waals surface area contributed by atoms with Crippen molar-refractivity contribution in [2.24, 2.45) is 0 Å². The molecule has 0 saturated carbocycles. The summed E-state index contributed by atoms with van der Waals surface area (Å²) in [5.74, 6) is -0.969. The first kappa shape index (κ1) is 17.6. The van der Waals surface area contributed by atoms with Crippen LogP contribution in [0, 0.1) is 0 Å². The Balaban J connectivity index is 1.93. The summed E-state index contributed by atoms with van der Waals surface area (Å²) in [7, 11) is 2.81. The van der Waals surface area contributed by atoms with Crippen molar-refractivity contribution < 1.29 is 23.9 Å². The molecular formula is C16H18BrNO5. The highest BCUT2D eigenvalue weighted by atomic mass is 79.9. The smallest absolute Gasteiger partial charge is 0.322 e. The lowest BCUT2D eigenvalue weighted by Gasteiger charge is -2.20. The van der Waals surface area contributed by atoms with Crippen molar-refractivity contribution in [2.45, 2.75) is 23.8 Å². The molecule has 6 nitrogen and oxygen atoms in total.